The molecular weight excluding hydrogens is 425 g/mol. The van der Waals surface area contributed by atoms with Crippen LogP contribution in [0.25, 0.3) is 16.6 Å². The van der Waals surface area contributed by atoms with Gasteiger partial charge in [0, 0.05) is 6.54 Å². The van der Waals surface area contributed by atoms with Gasteiger partial charge in [-0.1, -0.05) is 61.2 Å². The van der Waals surface area contributed by atoms with Crippen molar-refractivity contribution in [1.82, 2.24) is 14.9 Å². The van der Waals surface area contributed by atoms with Gasteiger partial charge in [0.2, 0.25) is 5.91 Å². The second kappa shape index (κ2) is 9.78. The normalized spacial score (nSPS) is 10.9. The lowest BCUT2D eigenvalue weighted by Gasteiger charge is -2.16. The molecule has 0 saturated heterocycles. The van der Waals surface area contributed by atoms with Crippen LogP contribution in [0, 0.1) is 5.82 Å². The molecular formula is C25H22FN3O2S. The van der Waals surface area contributed by atoms with Crippen molar-refractivity contribution in [3.05, 3.63) is 100 Å². The van der Waals surface area contributed by atoms with E-state index in [1.165, 1.54) is 23.9 Å². The number of halogens is 1. The van der Waals surface area contributed by atoms with Crippen LogP contribution >= 0.6 is 11.8 Å². The third-order valence-corrected chi connectivity index (χ3v) is 6.03. The van der Waals surface area contributed by atoms with Crippen molar-refractivity contribution >= 4 is 28.6 Å². The maximum Gasteiger partial charge on any atom is 0.266 e. The Labute approximate surface area is 189 Å². The number of thioether (sulfide) groups is 1. The Morgan fingerprint density at radius 2 is 1.75 bits per heavy atom. The minimum Gasteiger partial charge on any atom is -0.351 e. The van der Waals surface area contributed by atoms with Gasteiger partial charge < -0.3 is 5.32 Å². The fourth-order valence-electron chi connectivity index (χ4n) is 3.43. The number of fused-ring (bicyclic) bond motifs is 1. The minimum absolute atomic E-state index is 0.0975. The second-order valence-corrected chi connectivity index (χ2v) is 8.17. The molecule has 1 N–H and O–H groups in total. The number of carbonyl (C=O) groups is 1. The lowest BCUT2D eigenvalue weighted by molar-refractivity contribution is -0.118. The molecule has 4 rings (SSSR count). The number of para-hydroxylation sites is 2. The molecule has 1 amide bonds. The van der Waals surface area contributed by atoms with E-state index in [4.69, 9.17) is 4.98 Å². The SMILES string of the molecule is CCc1ccccc1-n1c(SCC(=O)NCc2ccc(F)cc2)nc2ccccc2c1=O. The lowest BCUT2D eigenvalue weighted by Crippen LogP contribution is -2.26. The zero-order valence-corrected chi connectivity index (χ0v) is 18.4. The van der Waals surface area contributed by atoms with E-state index in [2.05, 4.69) is 5.32 Å². The van der Waals surface area contributed by atoms with Crippen LogP contribution in [-0.2, 0) is 17.8 Å². The zero-order chi connectivity index (χ0) is 22.5. The van der Waals surface area contributed by atoms with Crippen LogP contribution in [0.2, 0.25) is 0 Å². The summed E-state index contributed by atoms with van der Waals surface area (Å²) in [5.41, 5.74) is 3.03. The summed E-state index contributed by atoms with van der Waals surface area (Å²) in [6, 6.07) is 20.9. The maximum atomic E-state index is 13.4. The molecule has 0 radical (unpaired) electrons. The molecule has 0 unspecified atom stereocenters. The molecule has 0 fully saturated rings. The first-order chi connectivity index (χ1) is 15.6. The van der Waals surface area contributed by atoms with Crippen LogP contribution in [0.4, 0.5) is 4.39 Å². The van der Waals surface area contributed by atoms with Crippen molar-refractivity contribution in [3.8, 4) is 5.69 Å². The largest absolute Gasteiger partial charge is 0.351 e. The van der Waals surface area contributed by atoms with E-state index in [1.807, 2.05) is 43.3 Å². The van der Waals surface area contributed by atoms with E-state index in [9.17, 15) is 14.0 Å². The van der Waals surface area contributed by atoms with Crippen molar-refractivity contribution < 1.29 is 9.18 Å². The van der Waals surface area contributed by atoms with Gasteiger partial charge in [-0.3, -0.25) is 14.2 Å². The first-order valence-electron chi connectivity index (χ1n) is 10.3. The minimum atomic E-state index is -0.316. The highest BCUT2D eigenvalue weighted by Crippen LogP contribution is 2.23. The number of carbonyl (C=O) groups excluding carboxylic acids is 1. The van der Waals surface area contributed by atoms with Gasteiger partial charge in [-0.25, -0.2) is 9.37 Å². The fourth-order valence-corrected chi connectivity index (χ4v) is 4.27. The monoisotopic (exact) mass is 447 g/mol. The van der Waals surface area contributed by atoms with Gasteiger partial charge in [0.1, 0.15) is 5.82 Å². The van der Waals surface area contributed by atoms with E-state index in [1.54, 1.807) is 28.8 Å². The molecule has 0 spiro atoms. The highest BCUT2D eigenvalue weighted by molar-refractivity contribution is 7.99. The van der Waals surface area contributed by atoms with E-state index in [-0.39, 0.29) is 23.0 Å². The van der Waals surface area contributed by atoms with Crippen molar-refractivity contribution in [2.24, 2.45) is 0 Å². The number of benzene rings is 3. The number of nitrogens with one attached hydrogen (secondary N) is 1. The van der Waals surface area contributed by atoms with Gasteiger partial charge in [0.15, 0.2) is 5.16 Å². The van der Waals surface area contributed by atoms with Gasteiger partial charge >= 0.3 is 0 Å². The van der Waals surface area contributed by atoms with E-state index >= 15 is 0 Å². The summed E-state index contributed by atoms with van der Waals surface area (Å²) >= 11 is 1.22. The highest BCUT2D eigenvalue weighted by Gasteiger charge is 2.16. The summed E-state index contributed by atoms with van der Waals surface area (Å²) in [5.74, 6) is -0.416. The fraction of sp³-hybridized carbons (Fsp3) is 0.160. The van der Waals surface area contributed by atoms with E-state index in [0.29, 0.717) is 22.6 Å². The molecule has 0 aliphatic carbocycles. The average molecular weight is 448 g/mol. The molecule has 1 heterocycles. The Morgan fingerprint density at radius 1 is 1.03 bits per heavy atom. The Morgan fingerprint density at radius 3 is 2.53 bits per heavy atom. The first kappa shape index (κ1) is 21.8. The molecule has 5 nitrogen and oxygen atoms in total. The molecule has 0 aliphatic rings. The molecule has 0 aliphatic heterocycles. The van der Waals surface area contributed by atoms with Crippen LogP contribution in [0.5, 0.6) is 0 Å². The van der Waals surface area contributed by atoms with Crippen LogP contribution in [0.1, 0.15) is 18.1 Å². The second-order valence-electron chi connectivity index (χ2n) is 7.23. The Hall–Kier alpha value is -3.45. The molecule has 162 valence electrons. The predicted molar refractivity (Wildman–Crippen MR) is 126 cm³/mol. The first-order valence-corrected chi connectivity index (χ1v) is 11.3. The summed E-state index contributed by atoms with van der Waals surface area (Å²) in [5, 5.41) is 3.82. The number of aromatic nitrogens is 2. The standard InChI is InChI=1S/C25H22FN3O2S/c1-2-18-7-3-6-10-22(18)29-24(31)20-8-4-5-9-21(20)28-25(29)32-16-23(30)27-15-17-11-13-19(26)14-12-17/h3-14H,2,15-16H2,1H3,(H,27,30). The summed E-state index contributed by atoms with van der Waals surface area (Å²) in [7, 11) is 0. The van der Waals surface area contributed by atoms with Crippen LogP contribution < -0.4 is 10.9 Å². The number of rotatable bonds is 7. The molecule has 0 saturated carbocycles. The van der Waals surface area contributed by atoms with Crippen LogP contribution in [-0.4, -0.2) is 21.2 Å². The quantitative estimate of drug-likeness (QED) is 0.335. The molecule has 0 atom stereocenters. The summed E-state index contributed by atoms with van der Waals surface area (Å²) in [6.45, 7) is 2.34. The summed E-state index contributed by atoms with van der Waals surface area (Å²) in [6.07, 6.45) is 0.762. The van der Waals surface area contributed by atoms with Gasteiger partial charge in [-0.05, 0) is 47.9 Å². The third kappa shape index (κ3) is 4.73. The molecule has 7 heteroatoms. The molecule has 4 aromatic rings. The zero-order valence-electron chi connectivity index (χ0n) is 17.5. The topological polar surface area (TPSA) is 64.0 Å². The van der Waals surface area contributed by atoms with Crippen LogP contribution in [0.15, 0.2) is 82.7 Å². The Bertz CT molecular complexity index is 1320. The Balaban J connectivity index is 1.62. The van der Waals surface area contributed by atoms with Crippen molar-refractivity contribution in [2.45, 2.75) is 25.0 Å². The van der Waals surface area contributed by atoms with Gasteiger partial charge in [-0.15, -0.1) is 0 Å². The summed E-state index contributed by atoms with van der Waals surface area (Å²) in [4.78, 5) is 30.5. The number of hydrogen-bond acceptors (Lipinski definition) is 4. The van der Waals surface area contributed by atoms with Gasteiger partial charge in [0.25, 0.3) is 5.56 Å². The molecule has 0 bridgehead atoms. The maximum absolute atomic E-state index is 13.4. The molecule has 1 aromatic heterocycles. The highest BCUT2D eigenvalue weighted by atomic mass is 32.2. The van der Waals surface area contributed by atoms with Crippen molar-refractivity contribution in [3.63, 3.8) is 0 Å². The van der Waals surface area contributed by atoms with Gasteiger partial charge in [-0.2, -0.15) is 0 Å². The van der Waals surface area contributed by atoms with Gasteiger partial charge in [0.05, 0.1) is 22.3 Å². The van der Waals surface area contributed by atoms with E-state index < -0.39 is 0 Å². The summed E-state index contributed by atoms with van der Waals surface area (Å²) < 4.78 is 14.6. The molecule has 3 aromatic carbocycles. The van der Waals surface area contributed by atoms with Crippen molar-refractivity contribution in [1.29, 1.82) is 0 Å². The third-order valence-electron chi connectivity index (χ3n) is 5.09. The number of nitrogens with zero attached hydrogens (tertiary/aromatic N) is 2. The van der Waals surface area contributed by atoms with Crippen molar-refractivity contribution in [2.75, 3.05) is 5.75 Å². The average Bonchev–Trinajstić information content (AvgIpc) is 2.82. The Kier molecular flexibility index (Phi) is 6.66. The number of amides is 1. The molecule has 32 heavy (non-hydrogen) atoms. The van der Waals surface area contributed by atoms with E-state index in [0.717, 1.165) is 23.2 Å². The predicted octanol–water partition coefficient (Wildman–Crippen LogP) is 4.50. The van der Waals surface area contributed by atoms with Crippen LogP contribution in [0.3, 0.4) is 0 Å². The lowest BCUT2D eigenvalue weighted by atomic mass is 10.1. The number of aryl methyl sites for hydroxylation is 1. The smallest absolute Gasteiger partial charge is 0.266 e. The number of hydrogen-bond donors (Lipinski definition) is 1.